The molecule has 0 aliphatic carbocycles. The Morgan fingerprint density at radius 1 is 1.26 bits per heavy atom. The van der Waals surface area contributed by atoms with E-state index in [9.17, 15) is 4.79 Å². The predicted molar refractivity (Wildman–Crippen MR) is 65.9 cm³/mol. The van der Waals surface area contributed by atoms with Crippen molar-refractivity contribution in [2.75, 3.05) is 0 Å². The maximum atomic E-state index is 10.5. The molecule has 1 aromatic heterocycles. The van der Waals surface area contributed by atoms with E-state index < -0.39 is 5.97 Å². The lowest BCUT2D eigenvalue weighted by Gasteiger charge is -2.05. The lowest BCUT2D eigenvalue weighted by atomic mass is 10.1. The van der Waals surface area contributed by atoms with Gasteiger partial charge in [0.15, 0.2) is 6.61 Å². The highest BCUT2D eigenvalue weighted by Crippen LogP contribution is 2.17. The second-order valence-electron chi connectivity index (χ2n) is 4.19. The zero-order valence-corrected chi connectivity index (χ0v) is 10.7. The van der Waals surface area contributed by atoms with Gasteiger partial charge in [0.05, 0.1) is 0 Å². The highest BCUT2D eigenvalue weighted by Gasteiger charge is 2.10. The first-order valence-electron chi connectivity index (χ1n) is 5.77. The molecule has 2 rings (SSSR count). The molecule has 0 bridgehead atoms. The molecule has 0 aliphatic heterocycles. The van der Waals surface area contributed by atoms with Crippen LogP contribution in [0.1, 0.15) is 22.9 Å². The fourth-order valence-electron chi connectivity index (χ4n) is 1.50. The van der Waals surface area contributed by atoms with Crippen molar-refractivity contribution in [2.24, 2.45) is 0 Å². The Balaban J connectivity index is 1.96. The van der Waals surface area contributed by atoms with E-state index in [1.807, 2.05) is 32.0 Å². The van der Waals surface area contributed by atoms with Crippen LogP contribution in [0.25, 0.3) is 0 Å². The highest BCUT2D eigenvalue weighted by atomic mass is 16.5. The van der Waals surface area contributed by atoms with Crippen LogP contribution < -0.4 is 4.74 Å². The van der Waals surface area contributed by atoms with Gasteiger partial charge in [0.1, 0.15) is 12.2 Å². The minimum atomic E-state index is -1.01. The Morgan fingerprint density at radius 3 is 2.68 bits per heavy atom. The fourth-order valence-corrected chi connectivity index (χ4v) is 1.50. The van der Waals surface area contributed by atoms with Crippen molar-refractivity contribution in [3.63, 3.8) is 0 Å². The molecule has 0 saturated carbocycles. The predicted octanol–water partition coefficient (Wildman–Crippen LogP) is 1.89. The van der Waals surface area contributed by atoms with E-state index in [1.54, 1.807) is 0 Å². The summed E-state index contributed by atoms with van der Waals surface area (Å²) < 4.78 is 10.6. The number of rotatable bonds is 5. The molecule has 1 aromatic carbocycles. The number of ether oxygens (including phenoxy) is 1. The van der Waals surface area contributed by atoms with Crippen LogP contribution in [0.5, 0.6) is 5.75 Å². The molecule has 100 valence electrons. The molecule has 0 atom stereocenters. The number of benzene rings is 1. The van der Waals surface area contributed by atoms with Crippen molar-refractivity contribution in [2.45, 2.75) is 26.9 Å². The van der Waals surface area contributed by atoms with Gasteiger partial charge in [-0.1, -0.05) is 6.07 Å². The van der Waals surface area contributed by atoms with Gasteiger partial charge in [-0.3, -0.25) is 4.79 Å². The first-order valence-corrected chi connectivity index (χ1v) is 5.77. The van der Waals surface area contributed by atoms with E-state index in [1.165, 1.54) is 5.56 Å². The quantitative estimate of drug-likeness (QED) is 0.885. The van der Waals surface area contributed by atoms with Gasteiger partial charge < -0.3 is 14.3 Å². The summed E-state index contributed by atoms with van der Waals surface area (Å²) in [4.78, 5) is 10.5. The molecule has 1 heterocycles. The van der Waals surface area contributed by atoms with Gasteiger partial charge in [0.2, 0.25) is 5.89 Å². The normalized spacial score (nSPS) is 10.4. The second-order valence-corrected chi connectivity index (χ2v) is 4.19. The summed E-state index contributed by atoms with van der Waals surface area (Å²) in [6.07, 6.45) is -0.281. The number of hydrogen-bond acceptors (Lipinski definition) is 5. The lowest BCUT2D eigenvalue weighted by Crippen LogP contribution is -1.99. The zero-order chi connectivity index (χ0) is 13.8. The maximum absolute atomic E-state index is 10.5. The van der Waals surface area contributed by atoms with Crippen molar-refractivity contribution in [3.05, 3.63) is 41.1 Å². The Bertz CT molecular complexity index is 592. The van der Waals surface area contributed by atoms with Gasteiger partial charge in [-0.2, -0.15) is 0 Å². The number of carbonyl (C=O) groups is 1. The van der Waals surface area contributed by atoms with Crippen LogP contribution in [0, 0.1) is 13.8 Å². The van der Waals surface area contributed by atoms with Gasteiger partial charge in [-0.25, -0.2) is 0 Å². The fraction of sp³-hybridized carbons (Fsp3) is 0.308. The van der Waals surface area contributed by atoms with Crippen molar-refractivity contribution in [3.8, 4) is 5.75 Å². The van der Waals surface area contributed by atoms with Crippen LogP contribution in [0.4, 0.5) is 0 Å². The molecule has 0 amide bonds. The first kappa shape index (κ1) is 13.1. The summed E-state index contributed by atoms with van der Waals surface area (Å²) in [6.45, 7) is 4.14. The number of carboxylic acids is 1. The number of hydrogen-bond donors (Lipinski definition) is 1. The highest BCUT2D eigenvalue weighted by molar-refractivity contribution is 5.68. The molecule has 0 aliphatic rings. The van der Waals surface area contributed by atoms with E-state index >= 15 is 0 Å². The Labute approximate surface area is 110 Å². The van der Waals surface area contributed by atoms with E-state index in [0.717, 1.165) is 5.56 Å². The van der Waals surface area contributed by atoms with Crippen LogP contribution >= 0.6 is 0 Å². The number of aromatic nitrogens is 2. The van der Waals surface area contributed by atoms with E-state index in [-0.39, 0.29) is 24.8 Å². The molecule has 0 saturated heterocycles. The lowest BCUT2D eigenvalue weighted by molar-refractivity contribution is -0.136. The van der Waals surface area contributed by atoms with Crippen molar-refractivity contribution < 1.29 is 19.1 Å². The average Bonchev–Trinajstić information content (AvgIpc) is 2.77. The summed E-state index contributed by atoms with van der Waals surface area (Å²) in [7, 11) is 0. The van der Waals surface area contributed by atoms with Gasteiger partial charge in [-0.15, -0.1) is 10.2 Å². The number of aliphatic carboxylic acids is 1. The largest absolute Gasteiger partial charge is 0.484 e. The van der Waals surface area contributed by atoms with Crippen LogP contribution in [0.3, 0.4) is 0 Å². The van der Waals surface area contributed by atoms with E-state index in [0.29, 0.717) is 5.75 Å². The van der Waals surface area contributed by atoms with Gasteiger partial charge >= 0.3 is 5.97 Å². The number of carboxylic acid groups (broad SMARTS) is 1. The molecule has 2 aromatic rings. The number of nitrogens with zero attached hydrogens (tertiary/aromatic N) is 2. The topological polar surface area (TPSA) is 85.5 Å². The molecule has 0 fully saturated rings. The summed E-state index contributed by atoms with van der Waals surface area (Å²) >= 11 is 0. The summed E-state index contributed by atoms with van der Waals surface area (Å²) in [5.74, 6) is 0.0343. The summed E-state index contributed by atoms with van der Waals surface area (Å²) in [5.41, 5.74) is 2.32. The molecule has 0 spiro atoms. The second kappa shape index (κ2) is 5.51. The smallest absolute Gasteiger partial charge is 0.312 e. The first-order chi connectivity index (χ1) is 9.04. The SMILES string of the molecule is Cc1ccc(OCc2nnc(CC(=O)O)o2)cc1C. The third-order valence-corrected chi connectivity index (χ3v) is 2.65. The Kier molecular flexibility index (Phi) is 3.79. The van der Waals surface area contributed by atoms with Crippen LogP contribution in [-0.4, -0.2) is 21.3 Å². The number of aryl methyl sites for hydroxylation is 2. The van der Waals surface area contributed by atoms with Crippen molar-refractivity contribution in [1.29, 1.82) is 0 Å². The average molecular weight is 262 g/mol. The molecule has 0 unspecified atom stereocenters. The third kappa shape index (κ3) is 3.54. The molecule has 6 heteroatoms. The third-order valence-electron chi connectivity index (χ3n) is 2.65. The molecular weight excluding hydrogens is 248 g/mol. The standard InChI is InChI=1S/C13H14N2O4/c1-8-3-4-10(5-9(8)2)18-7-12-15-14-11(19-12)6-13(16)17/h3-5H,6-7H2,1-2H3,(H,16,17). The summed E-state index contributed by atoms with van der Waals surface area (Å²) in [6, 6.07) is 5.75. The molecular formula is C13H14N2O4. The minimum Gasteiger partial charge on any atom is -0.484 e. The van der Waals surface area contributed by atoms with Crippen LogP contribution in [0.2, 0.25) is 0 Å². The minimum absolute atomic E-state index is 0.0752. The molecule has 1 N–H and O–H groups in total. The van der Waals surface area contributed by atoms with Crippen molar-refractivity contribution in [1.82, 2.24) is 10.2 Å². The van der Waals surface area contributed by atoms with E-state index in [2.05, 4.69) is 10.2 Å². The molecule has 19 heavy (non-hydrogen) atoms. The summed E-state index contributed by atoms with van der Waals surface area (Å²) in [5, 5.41) is 15.9. The molecule has 6 nitrogen and oxygen atoms in total. The van der Waals surface area contributed by atoms with Crippen LogP contribution in [0.15, 0.2) is 22.6 Å². The maximum Gasteiger partial charge on any atom is 0.312 e. The van der Waals surface area contributed by atoms with Gasteiger partial charge in [0, 0.05) is 0 Å². The Hall–Kier alpha value is -2.37. The van der Waals surface area contributed by atoms with Crippen molar-refractivity contribution >= 4 is 5.97 Å². The molecule has 0 radical (unpaired) electrons. The zero-order valence-electron chi connectivity index (χ0n) is 10.7. The Morgan fingerprint density at radius 2 is 2.00 bits per heavy atom. The van der Waals surface area contributed by atoms with Crippen LogP contribution in [-0.2, 0) is 17.8 Å². The van der Waals surface area contributed by atoms with Gasteiger partial charge in [0.25, 0.3) is 5.89 Å². The monoisotopic (exact) mass is 262 g/mol. The van der Waals surface area contributed by atoms with E-state index in [4.69, 9.17) is 14.3 Å². The van der Waals surface area contributed by atoms with Gasteiger partial charge in [-0.05, 0) is 37.1 Å².